The van der Waals surface area contributed by atoms with Gasteiger partial charge in [-0.05, 0) is 58.7 Å². The van der Waals surface area contributed by atoms with Crippen LogP contribution in [0.3, 0.4) is 0 Å². The number of rotatable bonds is 6. The third-order valence-corrected chi connectivity index (χ3v) is 5.67. The first kappa shape index (κ1) is 15.3. The van der Waals surface area contributed by atoms with Crippen LogP contribution in [-0.2, 0) is 0 Å². The maximum absolute atomic E-state index is 3.96. The van der Waals surface area contributed by atoms with Crippen LogP contribution in [0, 0.1) is 5.92 Å². The van der Waals surface area contributed by atoms with Gasteiger partial charge in [0.25, 0.3) is 0 Å². The third-order valence-electron chi connectivity index (χ3n) is 5.67. The molecule has 0 aliphatic heterocycles. The molecule has 2 saturated carbocycles. The predicted molar refractivity (Wildman–Crippen MR) is 83.5 cm³/mol. The highest BCUT2D eigenvalue weighted by Crippen LogP contribution is 2.41. The Hall–Kier alpha value is -0.0800. The molecule has 0 aromatic heterocycles. The molecular formula is C17H34N2. The van der Waals surface area contributed by atoms with E-state index in [0.29, 0.717) is 5.54 Å². The Balaban J connectivity index is 2.16. The normalized spacial score (nSPS) is 25.9. The second kappa shape index (κ2) is 7.08. The molecule has 2 fully saturated rings. The molecule has 0 amide bonds. The Morgan fingerprint density at radius 2 is 1.68 bits per heavy atom. The maximum atomic E-state index is 3.96. The molecule has 2 aliphatic rings. The number of nitrogens with one attached hydrogen (secondary N) is 1. The van der Waals surface area contributed by atoms with Crippen molar-refractivity contribution in [2.45, 2.75) is 82.7 Å². The van der Waals surface area contributed by atoms with Crippen molar-refractivity contribution in [3.8, 4) is 0 Å². The van der Waals surface area contributed by atoms with Gasteiger partial charge in [0.15, 0.2) is 0 Å². The molecule has 0 aromatic carbocycles. The number of nitrogens with zero attached hydrogens (tertiary/aromatic N) is 1. The Kier molecular flexibility index (Phi) is 5.70. The van der Waals surface area contributed by atoms with Gasteiger partial charge >= 0.3 is 0 Å². The van der Waals surface area contributed by atoms with Crippen LogP contribution in [0.1, 0.15) is 71.1 Å². The van der Waals surface area contributed by atoms with E-state index in [1.807, 2.05) is 0 Å². The Labute approximate surface area is 120 Å². The van der Waals surface area contributed by atoms with Crippen LogP contribution in [-0.4, -0.2) is 37.1 Å². The van der Waals surface area contributed by atoms with Gasteiger partial charge in [0, 0.05) is 11.6 Å². The average Bonchev–Trinajstić information content (AvgIpc) is 2.94. The lowest BCUT2D eigenvalue weighted by Gasteiger charge is -2.51. The van der Waals surface area contributed by atoms with Gasteiger partial charge in [0.1, 0.15) is 0 Å². The first-order valence-electron chi connectivity index (χ1n) is 8.61. The highest BCUT2D eigenvalue weighted by molar-refractivity contribution is 5.04. The molecule has 2 nitrogen and oxygen atoms in total. The van der Waals surface area contributed by atoms with Gasteiger partial charge in [0.2, 0.25) is 0 Å². The summed E-state index contributed by atoms with van der Waals surface area (Å²) >= 11 is 0. The largest absolute Gasteiger partial charge is 0.312 e. The minimum Gasteiger partial charge on any atom is -0.312 e. The van der Waals surface area contributed by atoms with Gasteiger partial charge in [-0.15, -0.1) is 0 Å². The minimum absolute atomic E-state index is 0.433. The summed E-state index contributed by atoms with van der Waals surface area (Å²) in [6, 6.07) is 0.727. The Morgan fingerprint density at radius 3 is 2.21 bits per heavy atom. The second-order valence-corrected chi connectivity index (χ2v) is 7.03. The monoisotopic (exact) mass is 266 g/mol. The highest BCUT2D eigenvalue weighted by atomic mass is 15.2. The molecular weight excluding hydrogens is 232 g/mol. The van der Waals surface area contributed by atoms with Crippen molar-refractivity contribution in [2.24, 2.45) is 5.92 Å². The summed E-state index contributed by atoms with van der Waals surface area (Å²) in [7, 11) is 4.64. The summed E-state index contributed by atoms with van der Waals surface area (Å²) in [5.74, 6) is 0.923. The van der Waals surface area contributed by atoms with Crippen LogP contribution in [0.25, 0.3) is 0 Å². The van der Waals surface area contributed by atoms with Gasteiger partial charge < -0.3 is 10.2 Å². The van der Waals surface area contributed by atoms with Crippen LogP contribution in [0.15, 0.2) is 0 Å². The van der Waals surface area contributed by atoms with Crippen LogP contribution < -0.4 is 5.32 Å². The van der Waals surface area contributed by atoms with Crippen molar-refractivity contribution >= 4 is 0 Å². The third kappa shape index (κ3) is 3.33. The van der Waals surface area contributed by atoms with Crippen LogP contribution >= 0.6 is 0 Å². The molecule has 0 spiro atoms. The zero-order chi connectivity index (χ0) is 13.7. The Bertz CT molecular complexity index is 250. The fraction of sp³-hybridized carbons (Fsp3) is 1.00. The Morgan fingerprint density at radius 1 is 1.05 bits per heavy atom. The number of hydrogen-bond donors (Lipinski definition) is 1. The first-order valence-corrected chi connectivity index (χ1v) is 8.61. The van der Waals surface area contributed by atoms with Crippen LogP contribution in [0.2, 0.25) is 0 Å². The first-order chi connectivity index (χ1) is 9.20. The zero-order valence-electron chi connectivity index (χ0n) is 13.4. The van der Waals surface area contributed by atoms with E-state index in [0.717, 1.165) is 12.0 Å². The fourth-order valence-electron chi connectivity index (χ4n) is 4.59. The number of hydrogen-bond acceptors (Lipinski definition) is 2. The molecule has 2 heteroatoms. The van der Waals surface area contributed by atoms with E-state index >= 15 is 0 Å². The predicted octanol–water partition coefficient (Wildman–Crippen LogP) is 3.81. The van der Waals surface area contributed by atoms with E-state index in [1.54, 1.807) is 0 Å². The van der Waals surface area contributed by atoms with Gasteiger partial charge in [-0.25, -0.2) is 0 Å². The molecule has 19 heavy (non-hydrogen) atoms. The topological polar surface area (TPSA) is 15.3 Å². The summed E-state index contributed by atoms with van der Waals surface area (Å²) in [6.07, 6.45) is 14.2. The van der Waals surface area contributed by atoms with Crippen LogP contribution in [0.4, 0.5) is 0 Å². The lowest BCUT2D eigenvalue weighted by Crippen LogP contribution is -2.62. The lowest BCUT2D eigenvalue weighted by atomic mass is 9.70. The molecule has 0 saturated heterocycles. The average molecular weight is 266 g/mol. The van der Waals surface area contributed by atoms with Gasteiger partial charge in [-0.2, -0.15) is 0 Å². The zero-order valence-corrected chi connectivity index (χ0v) is 13.4. The maximum Gasteiger partial charge on any atom is 0.0359 e. The molecule has 0 bridgehead atoms. The fourth-order valence-corrected chi connectivity index (χ4v) is 4.59. The summed E-state index contributed by atoms with van der Waals surface area (Å²) in [5, 5.41) is 3.96. The lowest BCUT2D eigenvalue weighted by molar-refractivity contribution is 0.0333. The molecule has 1 atom stereocenters. The van der Waals surface area contributed by atoms with Crippen molar-refractivity contribution in [1.82, 2.24) is 10.2 Å². The summed E-state index contributed by atoms with van der Waals surface area (Å²) in [5.41, 5.74) is 0.433. The van der Waals surface area contributed by atoms with E-state index in [9.17, 15) is 0 Å². The SMILES string of the molecule is CCCNC(C1CCCC1)C1(N(C)C)CCCCC1. The molecule has 1 unspecified atom stereocenters. The summed E-state index contributed by atoms with van der Waals surface area (Å²) in [6.45, 7) is 3.48. The van der Waals surface area contributed by atoms with Crippen molar-refractivity contribution < 1.29 is 0 Å². The molecule has 2 aliphatic carbocycles. The number of likely N-dealkylation sites (N-methyl/N-ethyl adjacent to an activating group) is 1. The van der Waals surface area contributed by atoms with Gasteiger partial charge in [0.05, 0.1) is 0 Å². The van der Waals surface area contributed by atoms with Crippen molar-refractivity contribution in [1.29, 1.82) is 0 Å². The molecule has 1 N–H and O–H groups in total. The standard InChI is InChI=1S/C17H34N2/c1-4-14-18-16(15-10-6-7-11-15)17(19(2)3)12-8-5-9-13-17/h15-16,18H,4-14H2,1-3H3. The second-order valence-electron chi connectivity index (χ2n) is 7.03. The van der Waals surface area contributed by atoms with E-state index in [1.165, 1.54) is 70.8 Å². The van der Waals surface area contributed by atoms with Gasteiger partial charge in [-0.1, -0.05) is 39.0 Å². The smallest absolute Gasteiger partial charge is 0.0359 e. The van der Waals surface area contributed by atoms with Gasteiger partial charge in [-0.3, -0.25) is 0 Å². The van der Waals surface area contributed by atoms with E-state index in [2.05, 4.69) is 31.2 Å². The molecule has 112 valence electrons. The van der Waals surface area contributed by atoms with Crippen molar-refractivity contribution in [3.63, 3.8) is 0 Å². The molecule has 0 aromatic rings. The highest BCUT2D eigenvalue weighted by Gasteiger charge is 2.45. The molecule has 0 radical (unpaired) electrons. The quantitative estimate of drug-likeness (QED) is 0.786. The molecule has 0 heterocycles. The van der Waals surface area contributed by atoms with E-state index < -0.39 is 0 Å². The minimum atomic E-state index is 0.433. The van der Waals surface area contributed by atoms with E-state index in [4.69, 9.17) is 0 Å². The van der Waals surface area contributed by atoms with Crippen molar-refractivity contribution in [2.75, 3.05) is 20.6 Å². The van der Waals surface area contributed by atoms with E-state index in [-0.39, 0.29) is 0 Å². The molecule has 2 rings (SSSR count). The van der Waals surface area contributed by atoms with Crippen molar-refractivity contribution in [3.05, 3.63) is 0 Å². The summed E-state index contributed by atoms with van der Waals surface area (Å²) in [4.78, 5) is 2.57. The van der Waals surface area contributed by atoms with Crippen LogP contribution in [0.5, 0.6) is 0 Å². The summed E-state index contributed by atoms with van der Waals surface area (Å²) < 4.78 is 0.